The molecule has 1 N–H and O–H groups in total. The zero-order valence-corrected chi connectivity index (χ0v) is 13.7. The molecule has 7 heteroatoms. The highest BCUT2D eigenvalue weighted by Gasteiger charge is 2.30. The third-order valence-electron chi connectivity index (χ3n) is 3.87. The summed E-state index contributed by atoms with van der Waals surface area (Å²) in [6.07, 6.45) is 0.337. The molecule has 1 saturated heterocycles. The summed E-state index contributed by atoms with van der Waals surface area (Å²) < 4.78 is 0. The van der Waals surface area contributed by atoms with E-state index in [-0.39, 0.29) is 23.6 Å². The molecule has 6 nitrogen and oxygen atoms in total. The summed E-state index contributed by atoms with van der Waals surface area (Å²) in [7, 11) is 1.57. The van der Waals surface area contributed by atoms with Gasteiger partial charge in [0.25, 0.3) is 0 Å². The second-order valence-corrected chi connectivity index (χ2v) is 6.20. The van der Waals surface area contributed by atoms with E-state index < -0.39 is 0 Å². The van der Waals surface area contributed by atoms with E-state index in [2.05, 4.69) is 5.32 Å². The molecular formula is C15H21N3O3S. The lowest BCUT2D eigenvalue weighted by atomic mass is 10.1. The molecule has 1 atom stereocenters. The van der Waals surface area contributed by atoms with Crippen LogP contribution in [0.5, 0.6) is 0 Å². The van der Waals surface area contributed by atoms with Gasteiger partial charge in [0.15, 0.2) is 0 Å². The Hall–Kier alpha value is -1.89. The van der Waals surface area contributed by atoms with Crippen LogP contribution in [-0.4, -0.2) is 60.7 Å². The standard InChI is InChI=1S/C15H21N3O3S/c1-11(19)17-4-5-18(9-13(8-17)15(21)16-2)14(20)7-12-3-6-22-10-12/h3,6,10,13H,4-5,7-9H2,1-2H3,(H,16,21)/t13-/m1/s1. The van der Waals surface area contributed by atoms with E-state index in [0.717, 1.165) is 5.56 Å². The van der Waals surface area contributed by atoms with Crippen LogP contribution in [0.1, 0.15) is 12.5 Å². The van der Waals surface area contributed by atoms with Crippen molar-refractivity contribution in [3.8, 4) is 0 Å². The minimum atomic E-state index is -0.386. The molecule has 0 aliphatic carbocycles. The van der Waals surface area contributed by atoms with Crippen molar-refractivity contribution in [3.63, 3.8) is 0 Å². The van der Waals surface area contributed by atoms with Gasteiger partial charge < -0.3 is 15.1 Å². The van der Waals surface area contributed by atoms with Crippen LogP contribution in [0.2, 0.25) is 0 Å². The predicted octanol–water partition coefficient (Wildman–Crippen LogP) is 0.344. The van der Waals surface area contributed by atoms with Crippen LogP contribution in [0.15, 0.2) is 16.8 Å². The minimum absolute atomic E-state index is 0.00212. The van der Waals surface area contributed by atoms with Crippen LogP contribution >= 0.6 is 11.3 Å². The fourth-order valence-corrected chi connectivity index (χ4v) is 3.24. The Morgan fingerprint density at radius 3 is 2.55 bits per heavy atom. The van der Waals surface area contributed by atoms with Crippen molar-refractivity contribution in [3.05, 3.63) is 22.4 Å². The zero-order valence-electron chi connectivity index (χ0n) is 12.9. The van der Waals surface area contributed by atoms with E-state index in [4.69, 9.17) is 0 Å². The molecular weight excluding hydrogens is 302 g/mol. The van der Waals surface area contributed by atoms with E-state index in [1.165, 1.54) is 6.92 Å². The number of nitrogens with one attached hydrogen (secondary N) is 1. The van der Waals surface area contributed by atoms with Crippen LogP contribution in [0, 0.1) is 5.92 Å². The molecule has 1 aromatic heterocycles. The van der Waals surface area contributed by atoms with Gasteiger partial charge in [-0.3, -0.25) is 14.4 Å². The first-order valence-electron chi connectivity index (χ1n) is 7.27. The normalized spacial score (nSPS) is 18.7. The Bertz CT molecular complexity index is 544. The molecule has 2 heterocycles. The average Bonchev–Trinajstić information content (AvgIpc) is 2.88. The first kappa shape index (κ1) is 16.5. The van der Waals surface area contributed by atoms with E-state index in [9.17, 15) is 14.4 Å². The van der Waals surface area contributed by atoms with Crippen molar-refractivity contribution in [1.29, 1.82) is 0 Å². The average molecular weight is 323 g/mol. The maximum Gasteiger partial charge on any atom is 0.227 e. The SMILES string of the molecule is CNC(=O)[C@@H]1CN(C(C)=O)CCN(C(=O)Cc2ccsc2)C1. The van der Waals surface area contributed by atoms with E-state index in [1.807, 2.05) is 16.8 Å². The molecule has 2 rings (SSSR count). The monoisotopic (exact) mass is 323 g/mol. The number of amides is 3. The number of thiophene rings is 1. The maximum atomic E-state index is 12.4. The Morgan fingerprint density at radius 1 is 1.27 bits per heavy atom. The third-order valence-corrected chi connectivity index (χ3v) is 4.60. The van der Waals surface area contributed by atoms with Gasteiger partial charge in [-0.15, -0.1) is 0 Å². The number of carbonyl (C=O) groups excluding carboxylic acids is 3. The molecule has 0 radical (unpaired) electrons. The van der Waals surface area contributed by atoms with Gasteiger partial charge in [-0.2, -0.15) is 11.3 Å². The third kappa shape index (κ3) is 4.07. The second kappa shape index (κ2) is 7.40. The van der Waals surface area contributed by atoms with Gasteiger partial charge in [-0.05, 0) is 22.4 Å². The molecule has 1 fully saturated rings. The molecule has 1 aromatic rings. The highest BCUT2D eigenvalue weighted by Crippen LogP contribution is 2.14. The summed E-state index contributed by atoms with van der Waals surface area (Å²) in [5.41, 5.74) is 0.985. The largest absolute Gasteiger partial charge is 0.359 e. The highest BCUT2D eigenvalue weighted by molar-refractivity contribution is 7.08. The summed E-state index contributed by atoms with van der Waals surface area (Å²) in [5, 5.41) is 6.51. The molecule has 0 spiro atoms. The van der Waals surface area contributed by atoms with E-state index in [0.29, 0.717) is 32.6 Å². The molecule has 0 saturated carbocycles. The maximum absolute atomic E-state index is 12.4. The number of nitrogens with zero attached hydrogens (tertiary/aromatic N) is 2. The van der Waals surface area contributed by atoms with Crippen LogP contribution in [0.3, 0.4) is 0 Å². The second-order valence-electron chi connectivity index (χ2n) is 5.42. The van der Waals surface area contributed by atoms with Crippen LogP contribution in [0.25, 0.3) is 0 Å². The van der Waals surface area contributed by atoms with Gasteiger partial charge in [-0.1, -0.05) is 0 Å². The first-order chi connectivity index (χ1) is 10.5. The van der Waals surface area contributed by atoms with E-state index >= 15 is 0 Å². The number of hydrogen-bond acceptors (Lipinski definition) is 4. The molecule has 1 aliphatic heterocycles. The lowest BCUT2D eigenvalue weighted by Crippen LogP contribution is -2.42. The van der Waals surface area contributed by atoms with E-state index in [1.54, 1.807) is 28.2 Å². The van der Waals surface area contributed by atoms with Crippen molar-refractivity contribution < 1.29 is 14.4 Å². The summed E-state index contributed by atoms with van der Waals surface area (Å²) in [5.74, 6) is -0.594. The Morgan fingerprint density at radius 2 is 1.95 bits per heavy atom. The van der Waals surface area contributed by atoms with Gasteiger partial charge in [0.2, 0.25) is 17.7 Å². The van der Waals surface area contributed by atoms with Gasteiger partial charge in [0.1, 0.15) is 0 Å². The number of hydrogen-bond donors (Lipinski definition) is 1. The molecule has 0 unspecified atom stereocenters. The molecule has 120 valence electrons. The number of carbonyl (C=O) groups is 3. The van der Waals surface area contributed by atoms with Gasteiger partial charge in [0, 0.05) is 40.2 Å². The Labute approximate surface area is 134 Å². The smallest absolute Gasteiger partial charge is 0.227 e. The van der Waals surface area contributed by atoms with Gasteiger partial charge >= 0.3 is 0 Å². The van der Waals surface area contributed by atoms with Crippen molar-refractivity contribution in [2.75, 3.05) is 33.2 Å². The van der Waals surface area contributed by atoms with Crippen LogP contribution in [-0.2, 0) is 20.8 Å². The van der Waals surface area contributed by atoms with Gasteiger partial charge in [-0.25, -0.2) is 0 Å². The lowest BCUT2D eigenvalue weighted by Gasteiger charge is -2.23. The fraction of sp³-hybridized carbons (Fsp3) is 0.533. The molecule has 0 bridgehead atoms. The summed E-state index contributed by atoms with van der Waals surface area (Å²) in [4.78, 5) is 39.4. The predicted molar refractivity (Wildman–Crippen MR) is 84.4 cm³/mol. The van der Waals surface area contributed by atoms with Crippen LogP contribution < -0.4 is 5.32 Å². The summed E-state index contributed by atoms with van der Waals surface area (Å²) >= 11 is 1.56. The van der Waals surface area contributed by atoms with Crippen molar-refractivity contribution >= 4 is 29.1 Å². The summed E-state index contributed by atoms with van der Waals surface area (Å²) in [6, 6.07) is 1.93. The molecule has 3 amide bonds. The zero-order chi connectivity index (χ0) is 16.1. The van der Waals surface area contributed by atoms with Crippen molar-refractivity contribution in [2.45, 2.75) is 13.3 Å². The van der Waals surface area contributed by atoms with Gasteiger partial charge in [0.05, 0.1) is 12.3 Å². The first-order valence-corrected chi connectivity index (χ1v) is 8.21. The Balaban J connectivity index is 2.08. The fourth-order valence-electron chi connectivity index (χ4n) is 2.58. The molecule has 1 aliphatic rings. The highest BCUT2D eigenvalue weighted by atomic mass is 32.1. The molecule has 22 heavy (non-hydrogen) atoms. The van der Waals surface area contributed by atoms with Crippen molar-refractivity contribution in [2.24, 2.45) is 5.92 Å². The quantitative estimate of drug-likeness (QED) is 0.872. The minimum Gasteiger partial charge on any atom is -0.359 e. The van der Waals surface area contributed by atoms with Crippen molar-refractivity contribution in [1.82, 2.24) is 15.1 Å². The van der Waals surface area contributed by atoms with Crippen LogP contribution in [0.4, 0.5) is 0 Å². The Kier molecular flexibility index (Phi) is 5.54. The number of rotatable bonds is 3. The molecule has 0 aromatic carbocycles. The summed E-state index contributed by atoms with van der Waals surface area (Å²) in [6.45, 7) is 3.14. The lowest BCUT2D eigenvalue weighted by molar-refractivity contribution is -0.132. The topological polar surface area (TPSA) is 69.7 Å².